The zero-order valence-corrected chi connectivity index (χ0v) is 8.96. The predicted molar refractivity (Wildman–Crippen MR) is 56.0 cm³/mol. The van der Waals surface area contributed by atoms with Crippen LogP contribution in [0.25, 0.3) is 0 Å². The molecular weight excluding hydrogens is 176 g/mol. The third-order valence-electron chi connectivity index (χ3n) is 3.26. The minimum absolute atomic E-state index is 0.243. The van der Waals surface area contributed by atoms with Crippen molar-refractivity contribution >= 4 is 5.91 Å². The number of hydrogen-bond donors (Lipinski definition) is 1. The number of hydrogen-bond acceptors (Lipinski definition) is 2. The SMILES string of the molecule is CN1CCCC(C(=O)NCC2CC2)C1. The van der Waals surface area contributed by atoms with Crippen LogP contribution in [0.1, 0.15) is 25.7 Å². The molecule has 1 saturated carbocycles. The van der Waals surface area contributed by atoms with E-state index in [1.807, 2.05) is 0 Å². The van der Waals surface area contributed by atoms with Crippen LogP contribution < -0.4 is 5.32 Å². The van der Waals surface area contributed by atoms with E-state index in [9.17, 15) is 4.79 Å². The second-order valence-corrected chi connectivity index (χ2v) is 4.79. The summed E-state index contributed by atoms with van der Waals surface area (Å²) in [5.41, 5.74) is 0. The summed E-state index contributed by atoms with van der Waals surface area (Å²) in [6.07, 6.45) is 4.86. The first kappa shape index (κ1) is 9.97. The Balaban J connectivity index is 1.71. The first-order valence-corrected chi connectivity index (χ1v) is 5.72. The average molecular weight is 196 g/mol. The summed E-state index contributed by atoms with van der Waals surface area (Å²) in [6.45, 7) is 3.00. The van der Waals surface area contributed by atoms with Gasteiger partial charge in [-0.1, -0.05) is 0 Å². The number of carbonyl (C=O) groups excluding carboxylic acids is 1. The minimum Gasteiger partial charge on any atom is -0.356 e. The fraction of sp³-hybridized carbons (Fsp3) is 0.909. The highest BCUT2D eigenvalue weighted by Crippen LogP contribution is 2.27. The van der Waals surface area contributed by atoms with Crippen LogP contribution in [0.15, 0.2) is 0 Å². The van der Waals surface area contributed by atoms with Crippen LogP contribution in [0.3, 0.4) is 0 Å². The Kier molecular flexibility index (Phi) is 3.06. The third kappa shape index (κ3) is 2.71. The van der Waals surface area contributed by atoms with Crippen LogP contribution in [0.5, 0.6) is 0 Å². The van der Waals surface area contributed by atoms with E-state index in [4.69, 9.17) is 0 Å². The maximum absolute atomic E-state index is 11.7. The van der Waals surface area contributed by atoms with Gasteiger partial charge < -0.3 is 10.2 Å². The van der Waals surface area contributed by atoms with Crippen LogP contribution in [0, 0.1) is 11.8 Å². The second-order valence-electron chi connectivity index (χ2n) is 4.79. The van der Waals surface area contributed by atoms with Crippen LogP contribution in [0.4, 0.5) is 0 Å². The van der Waals surface area contributed by atoms with Crippen molar-refractivity contribution in [1.82, 2.24) is 10.2 Å². The van der Waals surface area contributed by atoms with Gasteiger partial charge in [0.1, 0.15) is 0 Å². The van der Waals surface area contributed by atoms with E-state index in [2.05, 4.69) is 17.3 Å². The summed E-state index contributed by atoms with van der Waals surface area (Å²) >= 11 is 0. The first-order valence-electron chi connectivity index (χ1n) is 5.72. The number of piperidine rings is 1. The lowest BCUT2D eigenvalue weighted by Crippen LogP contribution is -2.41. The fourth-order valence-electron chi connectivity index (χ4n) is 2.09. The molecule has 0 aromatic rings. The van der Waals surface area contributed by atoms with Gasteiger partial charge in [-0.3, -0.25) is 4.79 Å². The lowest BCUT2D eigenvalue weighted by atomic mass is 9.97. The van der Waals surface area contributed by atoms with E-state index in [1.54, 1.807) is 0 Å². The Morgan fingerprint density at radius 3 is 2.86 bits per heavy atom. The molecule has 0 bridgehead atoms. The lowest BCUT2D eigenvalue weighted by molar-refractivity contribution is -0.126. The summed E-state index contributed by atoms with van der Waals surface area (Å²) in [5.74, 6) is 1.32. The Hall–Kier alpha value is -0.570. The van der Waals surface area contributed by atoms with E-state index in [-0.39, 0.29) is 11.8 Å². The number of amides is 1. The Morgan fingerprint density at radius 2 is 2.21 bits per heavy atom. The van der Waals surface area contributed by atoms with Gasteiger partial charge >= 0.3 is 0 Å². The second kappa shape index (κ2) is 4.30. The largest absolute Gasteiger partial charge is 0.356 e. The highest BCUT2D eigenvalue weighted by molar-refractivity contribution is 5.78. The molecule has 14 heavy (non-hydrogen) atoms. The van der Waals surface area contributed by atoms with Crippen molar-refractivity contribution in [1.29, 1.82) is 0 Å². The van der Waals surface area contributed by atoms with Crippen molar-refractivity contribution in [2.75, 3.05) is 26.7 Å². The van der Waals surface area contributed by atoms with Gasteiger partial charge in [-0.15, -0.1) is 0 Å². The summed E-state index contributed by atoms with van der Waals surface area (Å²) in [6, 6.07) is 0. The van der Waals surface area contributed by atoms with Gasteiger partial charge in [-0.2, -0.15) is 0 Å². The maximum Gasteiger partial charge on any atom is 0.224 e. The molecule has 0 aromatic carbocycles. The molecule has 1 amide bonds. The maximum atomic E-state index is 11.7. The molecule has 1 aliphatic heterocycles. The van der Waals surface area contributed by atoms with Crippen molar-refractivity contribution in [3.63, 3.8) is 0 Å². The molecular formula is C11H20N2O. The molecule has 1 saturated heterocycles. The van der Waals surface area contributed by atoms with Crippen LogP contribution in [-0.4, -0.2) is 37.5 Å². The van der Waals surface area contributed by atoms with Crippen molar-refractivity contribution < 1.29 is 4.79 Å². The van der Waals surface area contributed by atoms with Gasteiger partial charge in [0.15, 0.2) is 0 Å². The highest BCUT2D eigenvalue weighted by atomic mass is 16.1. The molecule has 0 spiro atoms. The van der Waals surface area contributed by atoms with Crippen molar-refractivity contribution in [2.24, 2.45) is 11.8 Å². The van der Waals surface area contributed by atoms with Gasteiger partial charge in [-0.05, 0) is 45.2 Å². The average Bonchev–Trinajstić information content (AvgIpc) is 2.97. The molecule has 1 heterocycles. The molecule has 0 aromatic heterocycles. The highest BCUT2D eigenvalue weighted by Gasteiger charge is 2.26. The molecule has 2 aliphatic rings. The van der Waals surface area contributed by atoms with Crippen LogP contribution in [0.2, 0.25) is 0 Å². The normalized spacial score (nSPS) is 28.8. The van der Waals surface area contributed by atoms with Crippen molar-refractivity contribution in [3.05, 3.63) is 0 Å². The zero-order valence-electron chi connectivity index (χ0n) is 8.96. The quantitative estimate of drug-likeness (QED) is 0.726. The molecule has 1 N–H and O–H groups in total. The lowest BCUT2D eigenvalue weighted by Gasteiger charge is -2.28. The summed E-state index contributed by atoms with van der Waals surface area (Å²) in [5, 5.41) is 3.07. The van der Waals surface area contributed by atoms with E-state index < -0.39 is 0 Å². The Labute approximate surface area is 85.8 Å². The number of rotatable bonds is 3. The van der Waals surface area contributed by atoms with E-state index in [1.165, 1.54) is 12.8 Å². The molecule has 0 radical (unpaired) electrons. The Morgan fingerprint density at radius 1 is 1.43 bits per heavy atom. The van der Waals surface area contributed by atoms with Crippen molar-refractivity contribution in [3.8, 4) is 0 Å². The molecule has 1 unspecified atom stereocenters. The predicted octanol–water partition coefficient (Wildman–Crippen LogP) is 0.854. The van der Waals surface area contributed by atoms with E-state index in [0.717, 1.165) is 38.4 Å². The van der Waals surface area contributed by atoms with Gasteiger partial charge in [0.05, 0.1) is 5.92 Å². The van der Waals surface area contributed by atoms with Crippen molar-refractivity contribution in [2.45, 2.75) is 25.7 Å². The monoisotopic (exact) mass is 196 g/mol. The zero-order chi connectivity index (χ0) is 9.97. The standard InChI is InChI=1S/C11H20N2O/c1-13-6-2-3-10(8-13)11(14)12-7-9-4-5-9/h9-10H,2-8H2,1H3,(H,12,14). The molecule has 3 heteroatoms. The minimum atomic E-state index is 0.243. The van der Waals surface area contributed by atoms with Gasteiger partial charge in [0, 0.05) is 13.1 Å². The molecule has 1 atom stereocenters. The topological polar surface area (TPSA) is 32.3 Å². The summed E-state index contributed by atoms with van der Waals surface area (Å²) in [4.78, 5) is 14.0. The molecule has 1 aliphatic carbocycles. The first-order chi connectivity index (χ1) is 6.75. The number of carbonyl (C=O) groups is 1. The smallest absolute Gasteiger partial charge is 0.224 e. The molecule has 3 nitrogen and oxygen atoms in total. The number of likely N-dealkylation sites (tertiary alicyclic amines) is 1. The van der Waals surface area contributed by atoms with Gasteiger partial charge in [-0.25, -0.2) is 0 Å². The molecule has 2 rings (SSSR count). The van der Waals surface area contributed by atoms with E-state index >= 15 is 0 Å². The molecule has 80 valence electrons. The van der Waals surface area contributed by atoms with Crippen LogP contribution >= 0.6 is 0 Å². The van der Waals surface area contributed by atoms with Crippen LogP contribution in [-0.2, 0) is 4.79 Å². The number of nitrogens with one attached hydrogen (secondary N) is 1. The van der Waals surface area contributed by atoms with E-state index in [0.29, 0.717) is 0 Å². The molecule has 2 fully saturated rings. The van der Waals surface area contributed by atoms with Gasteiger partial charge in [0.25, 0.3) is 0 Å². The third-order valence-corrected chi connectivity index (χ3v) is 3.26. The van der Waals surface area contributed by atoms with Gasteiger partial charge in [0.2, 0.25) is 5.91 Å². The number of nitrogens with zero attached hydrogens (tertiary/aromatic N) is 1. The Bertz CT molecular complexity index is 213. The fourth-order valence-corrected chi connectivity index (χ4v) is 2.09. The summed E-state index contributed by atoms with van der Waals surface area (Å²) < 4.78 is 0. The summed E-state index contributed by atoms with van der Waals surface area (Å²) in [7, 11) is 2.10.